The average Bonchev–Trinajstić information content (AvgIpc) is 3.15. The molecule has 3 aromatic rings. The van der Waals surface area contributed by atoms with Crippen molar-refractivity contribution in [2.45, 2.75) is 13.8 Å². The second kappa shape index (κ2) is 6.20. The minimum absolute atomic E-state index is 0.822. The molecule has 0 amide bonds. The molecule has 0 saturated heterocycles. The van der Waals surface area contributed by atoms with Crippen LogP contribution in [-0.4, -0.2) is 10.7 Å². The van der Waals surface area contributed by atoms with Crippen LogP contribution in [0.5, 0.6) is 0 Å². The number of benzene rings is 1. The molecule has 0 atom stereocenters. The molecular formula is C16H15N3S2. The van der Waals surface area contributed by atoms with E-state index in [-0.39, 0.29) is 0 Å². The number of aromatic nitrogens is 1. The predicted molar refractivity (Wildman–Crippen MR) is 92.4 cm³/mol. The third-order valence-electron chi connectivity index (χ3n) is 3.04. The number of rotatable bonds is 4. The minimum atomic E-state index is 0.822. The van der Waals surface area contributed by atoms with Crippen molar-refractivity contribution in [2.24, 2.45) is 5.10 Å². The maximum Gasteiger partial charge on any atom is 0.204 e. The molecule has 0 fully saturated rings. The molecule has 2 aromatic heterocycles. The second-order valence-electron chi connectivity index (χ2n) is 4.58. The van der Waals surface area contributed by atoms with Gasteiger partial charge in [-0.05, 0) is 25.3 Å². The van der Waals surface area contributed by atoms with E-state index >= 15 is 0 Å². The Morgan fingerprint density at radius 3 is 2.67 bits per heavy atom. The van der Waals surface area contributed by atoms with Crippen LogP contribution in [-0.2, 0) is 0 Å². The van der Waals surface area contributed by atoms with Crippen LogP contribution in [0.1, 0.15) is 16.7 Å². The molecule has 106 valence electrons. The number of aryl methyl sites for hydroxylation is 1. The normalized spacial score (nSPS) is 11.6. The van der Waals surface area contributed by atoms with Gasteiger partial charge in [0.1, 0.15) is 0 Å². The van der Waals surface area contributed by atoms with Gasteiger partial charge >= 0.3 is 0 Å². The van der Waals surface area contributed by atoms with Gasteiger partial charge < -0.3 is 0 Å². The first kappa shape index (κ1) is 14.0. The summed E-state index contributed by atoms with van der Waals surface area (Å²) in [4.78, 5) is 6.99. The predicted octanol–water partition coefficient (Wildman–Crippen LogP) is 5.02. The molecule has 0 aliphatic heterocycles. The molecule has 0 unspecified atom stereocenters. The van der Waals surface area contributed by atoms with Crippen molar-refractivity contribution in [3.63, 3.8) is 0 Å². The third kappa shape index (κ3) is 3.20. The van der Waals surface area contributed by atoms with Gasteiger partial charge in [0.25, 0.3) is 0 Å². The van der Waals surface area contributed by atoms with Crippen LogP contribution in [0.4, 0.5) is 5.13 Å². The van der Waals surface area contributed by atoms with E-state index in [1.807, 2.05) is 31.2 Å². The van der Waals surface area contributed by atoms with Crippen molar-refractivity contribution >= 4 is 33.5 Å². The largest absolute Gasteiger partial charge is 0.252 e. The Morgan fingerprint density at radius 2 is 1.95 bits per heavy atom. The standard InChI is InChI=1S/C16H15N3S2/c1-11(14-9-6-10-20-14)18-19-16-17-15(12(2)21-16)13-7-4-3-5-8-13/h3-10H,1-2H3,(H,17,19)/b18-11+. The molecular weight excluding hydrogens is 298 g/mol. The van der Waals surface area contributed by atoms with Crippen molar-refractivity contribution in [1.29, 1.82) is 0 Å². The average molecular weight is 313 g/mol. The van der Waals surface area contributed by atoms with Gasteiger partial charge in [-0.15, -0.1) is 22.7 Å². The van der Waals surface area contributed by atoms with Crippen LogP contribution in [0.2, 0.25) is 0 Å². The SMILES string of the molecule is C/C(=N\Nc1nc(-c2ccccc2)c(C)s1)c1cccs1. The summed E-state index contributed by atoms with van der Waals surface area (Å²) in [7, 11) is 0. The van der Waals surface area contributed by atoms with Crippen molar-refractivity contribution in [3.05, 3.63) is 57.6 Å². The van der Waals surface area contributed by atoms with Crippen molar-refractivity contribution < 1.29 is 0 Å². The molecule has 1 aromatic carbocycles. The molecule has 2 heterocycles. The Balaban J connectivity index is 1.80. The molecule has 0 spiro atoms. The summed E-state index contributed by atoms with van der Waals surface area (Å²) in [5.41, 5.74) is 6.19. The molecule has 0 bridgehead atoms. The number of thiazole rings is 1. The molecule has 0 aliphatic carbocycles. The van der Waals surface area contributed by atoms with Gasteiger partial charge in [-0.25, -0.2) is 4.98 Å². The van der Waals surface area contributed by atoms with Gasteiger partial charge in [-0.1, -0.05) is 36.4 Å². The zero-order valence-electron chi connectivity index (χ0n) is 11.8. The first-order valence-corrected chi connectivity index (χ1v) is 8.30. The summed E-state index contributed by atoms with van der Waals surface area (Å²) in [5, 5.41) is 7.28. The zero-order chi connectivity index (χ0) is 14.7. The van der Waals surface area contributed by atoms with E-state index < -0.39 is 0 Å². The van der Waals surface area contributed by atoms with Gasteiger partial charge in [-0.2, -0.15) is 5.10 Å². The van der Waals surface area contributed by atoms with Crippen LogP contribution in [0.3, 0.4) is 0 Å². The van der Waals surface area contributed by atoms with Gasteiger partial charge in [0.15, 0.2) is 0 Å². The quantitative estimate of drug-likeness (QED) is 0.542. The molecule has 3 rings (SSSR count). The first-order valence-electron chi connectivity index (χ1n) is 6.61. The molecule has 3 nitrogen and oxygen atoms in total. The highest BCUT2D eigenvalue weighted by Gasteiger charge is 2.09. The van der Waals surface area contributed by atoms with E-state index in [0.29, 0.717) is 0 Å². The van der Waals surface area contributed by atoms with E-state index in [0.717, 1.165) is 22.1 Å². The molecule has 1 N–H and O–H groups in total. The molecule has 0 radical (unpaired) electrons. The number of hydrazone groups is 1. The number of nitrogens with one attached hydrogen (secondary N) is 1. The van der Waals surface area contributed by atoms with E-state index in [9.17, 15) is 0 Å². The highest BCUT2D eigenvalue weighted by atomic mass is 32.1. The molecule has 0 saturated carbocycles. The Bertz CT molecular complexity index is 743. The minimum Gasteiger partial charge on any atom is -0.252 e. The summed E-state index contributed by atoms with van der Waals surface area (Å²) < 4.78 is 0. The monoisotopic (exact) mass is 313 g/mol. The Labute approximate surface area is 132 Å². The van der Waals surface area contributed by atoms with Crippen LogP contribution in [0.15, 0.2) is 52.9 Å². The smallest absolute Gasteiger partial charge is 0.204 e. The zero-order valence-corrected chi connectivity index (χ0v) is 13.5. The number of nitrogens with zero attached hydrogens (tertiary/aromatic N) is 2. The molecule has 5 heteroatoms. The van der Waals surface area contributed by atoms with E-state index in [1.54, 1.807) is 22.7 Å². The first-order chi connectivity index (χ1) is 10.2. The molecule has 0 aliphatic rings. The summed E-state index contributed by atoms with van der Waals surface area (Å²) in [6.07, 6.45) is 0. The van der Waals surface area contributed by atoms with Crippen LogP contribution in [0.25, 0.3) is 11.3 Å². The van der Waals surface area contributed by atoms with Crippen LogP contribution in [0, 0.1) is 6.92 Å². The molecule has 21 heavy (non-hydrogen) atoms. The van der Waals surface area contributed by atoms with E-state index in [4.69, 9.17) is 0 Å². The lowest BCUT2D eigenvalue weighted by Gasteiger charge is -1.98. The second-order valence-corrected chi connectivity index (χ2v) is 6.73. The van der Waals surface area contributed by atoms with E-state index in [2.05, 4.69) is 46.0 Å². The van der Waals surface area contributed by atoms with Gasteiger partial charge in [0.2, 0.25) is 5.13 Å². The van der Waals surface area contributed by atoms with Gasteiger partial charge in [-0.3, -0.25) is 5.43 Å². The Kier molecular flexibility index (Phi) is 4.13. The fourth-order valence-electron chi connectivity index (χ4n) is 1.98. The van der Waals surface area contributed by atoms with Gasteiger partial charge in [0, 0.05) is 15.3 Å². The fraction of sp³-hybridized carbons (Fsp3) is 0.125. The lowest BCUT2D eigenvalue weighted by atomic mass is 10.1. The summed E-state index contributed by atoms with van der Waals surface area (Å²) in [6, 6.07) is 14.3. The number of hydrogen-bond donors (Lipinski definition) is 1. The lowest BCUT2D eigenvalue weighted by Crippen LogP contribution is -1.96. The lowest BCUT2D eigenvalue weighted by molar-refractivity contribution is 1.27. The van der Waals surface area contributed by atoms with Gasteiger partial charge in [0.05, 0.1) is 11.4 Å². The van der Waals surface area contributed by atoms with Crippen molar-refractivity contribution in [3.8, 4) is 11.3 Å². The Morgan fingerprint density at radius 1 is 1.14 bits per heavy atom. The highest BCUT2D eigenvalue weighted by Crippen LogP contribution is 2.30. The topological polar surface area (TPSA) is 37.3 Å². The number of anilines is 1. The number of hydrogen-bond acceptors (Lipinski definition) is 5. The van der Waals surface area contributed by atoms with Crippen LogP contribution >= 0.6 is 22.7 Å². The maximum absolute atomic E-state index is 4.64. The number of thiophene rings is 1. The maximum atomic E-state index is 4.64. The van der Waals surface area contributed by atoms with Crippen molar-refractivity contribution in [1.82, 2.24) is 4.98 Å². The summed E-state index contributed by atoms with van der Waals surface area (Å²) in [6.45, 7) is 4.08. The third-order valence-corrected chi connectivity index (χ3v) is 4.89. The Hall–Kier alpha value is -1.98. The fourth-order valence-corrected chi connectivity index (χ4v) is 3.43. The van der Waals surface area contributed by atoms with E-state index in [1.165, 1.54) is 9.75 Å². The summed E-state index contributed by atoms with van der Waals surface area (Å²) in [5.74, 6) is 0. The van der Waals surface area contributed by atoms with Crippen LogP contribution < -0.4 is 5.43 Å². The summed E-state index contributed by atoms with van der Waals surface area (Å²) >= 11 is 3.31. The highest BCUT2D eigenvalue weighted by molar-refractivity contribution is 7.16. The van der Waals surface area contributed by atoms with Crippen molar-refractivity contribution in [2.75, 3.05) is 5.43 Å².